The van der Waals surface area contributed by atoms with Crippen molar-refractivity contribution in [3.63, 3.8) is 0 Å². The minimum absolute atomic E-state index is 0.0170. The summed E-state index contributed by atoms with van der Waals surface area (Å²) in [6, 6.07) is 0.889. The van der Waals surface area contributed by atoms with E-state index in [1.807, 2.05) is 0 Å². The van der Waals surface area contributed by atoms with Crippen molar-refractivity contribution in [1.82, 2.24) is 5.32 Å². The first-order chi connectivity index (χ1) is 10.2. The number of carbonyl (C=O) groups is 2. The van der Waals surface area contributed by atoms with Gasteiger partial charge < -0.3 is 20.7 Å². The van der Waals surface area contributed by atoms with Crippen LogP contribution in [0.15, 0.2) is 12.1 Å². The predicted octanol–water partition coefficient (Wildman–Crippen LogP) is 2.22. The Morgan fingerprint density at radius 2 is 1.86 bits per heavy atom. The van der Waals surface area contributed by atoms with Crippen molar-refractivity contribution in [1.29, 1.82) is 0 Å². The SMILES string of the molecule is CC(C)(C)OC(=O)N[C@H]1CNc2cc(F)c(F)cc2NC1=O. The summed E-state index contributed by atoms with van der Waals surface area (Å²) < 4.78 is 31.5. The number of ether oxygens (including phenoxy) is 1. The molecule has 8 heteroatoms. The highest BCUT2D eigenvalue weighted by Gasteiger charge is 2.27. The van der Waals surface area contributed by atoms with Crippen LogP contribution in [0.2, 0.25) is 0 Å². The summed E-state index contributed by atoms with van der Waals surface area (Å²) in [5, 5.41) is 7.62. The zero-order valence-electron chi connectivity index (χ0n) is 12.4. The molecule has 0 saturated heterocycles. The van der Waals surface area contributed by atoms with E-state index in [1.165, 1.54) is 0 Å². The highest BCUT2D eigenvalue weighted by molar-refractivity contribution is 6.00. The molecule has 1 aromatic carbocycles. The fraction of sp³-hybridized carbons (Fsp3) is 0.429. The van der Waals surface area contributed by atoms with E-state index in [1.54, 1.807) is 20.8 Å². The molecule has 1 heterocycles. The Morgan fingerprint density at radius 1 is 1.27 bits per heavy atom. The Bertz CT molecular complexity index is 614. The van der Waals surface area contributed by atoms with E-state index in [9.17, 15) is 18.4 Å². The van der Waals surface area contributed by atoms with Crippen LogP contribution in [-0.2, 0) is 9.53 Å². The number of fused-ring (bicyclic) bond motifs is 1. The molecule has 0 unspecified atom stereocenters. The predicted molar refractivity (Wildman–Crippen MR) is 76.6 cm³/mol. The maximum absolute atomic E-state index is 13.2. The molecule has 0 aromatic heterocycles. The van der Waals surface area contributed by atoms with E-state index in [2.05, 4.69) is 16.0 Å². The van der Waals surface area contributed by atoms with E-state index in [4.69, 9.17) is 4.74 Å². The molecule has 6 nitrogen and oxygen atoms in total. The summed E-state index contributed by atoms with van der Waals surface area (Å²) in [5.41, 5.74) is -0.355. The summed E-state index contributed by atoms with van der Waals surface area (Å²) >= 11 is 0. The second-order valence-corrected chi connectivity index (χ2v) is 5.88. The highest BCUT2D eigenvalue weighted by Crippen LogP contribution is 2.27. The van der Waals surface area contributed by atoms with E-state index < -0.39 is 35.3 Å². The van der Waals surface area contributed by atoms with Crippen molar-refractivity contribution in [2.45, 2.75) is 32.4 Å². The van der Waals surface area contributed by atoms with Gasteiger partial charge in [0.2, 0.25) is 5.91 Å². The molecule has 0 radical (unpaired) electrons. The van der Waals surface area contributed by atoms with Crippen molar-refractivity contribution in [3.05, 3.63) is 23.8 Å². The van der Waals surface area contributed by atoms with Crippen molar-refractivity contribution >= 4 is 23.4 Å². The maximum Gasteiger partial charge on any atom is 0.408 e. The smallest absolute Gasteiger partial charge is 0.408 e. The Balaban J connectivity index is 2.10. The minimum Gasteiger partial charge on any atom is -0.444 e. The third kappa shape index (κ3) is 3.84. The molecule has 0 saturated carbocycles. The Labute approximate surface area is 126 Å². The van der Waals surface area contributed by atoms with Gasteiger partial charge in [-0.15, -0.1) is 0 Å². The molecule has 3 N–H and O–H groups in total. The molecule has 120 valence electrons. The first-order valence-corrected chi connectivity index (χ1v) is 6.69. The van der Waals surface area contributed by atoms with Gasteiger partial charge in [0.25, 0.3) is 0 Å². The molecule has 22 heavy (non-hydrogen) atoms. The van der Waals surface area contributed by atoms with Gasteiger partial charge in [-0.05, 0) is 20.8 Å². The monoisotopic (exact) mass is 313 g/mol. The summed E-state index contributed by atoms with van der Waals surface area (Å²) in [6.45, 7) is 5.10. The minimum atomic E-state index is -1.07. The number of benzene rings is 1. The van der Waals surface area contributed by atoms with E-state index >= 15 is 0 Å². The average Bonchev–Trinajstić information content (AvgIpc) is 2.49. The molecule has 1 aliphatic heterocycles. The molecule has 2 rings (SSSR count). The van der Waals surface area contributed by atoms with Gasteiger partial charge in [-0.3, -0.25) is 4.79 Å². The molecule has 0 aliphatic carbocycles. The molecule has 0 fully saturated rings. The first-order valence-electron chi connectivity index (χ1n) is 6.69. The fourth-order valence-electron chi connectivity index (χ4n) is 1.89. The summed E-state index contributed by atoms with van der Waals surface area (Å²) in [5.74, 6) is -2.65. The lowest BCUT2D eigenvalue weighted by Crippen LogP contribution is -2.48. The van der Waals surface area contributed by atoms with Crippen LogP contribution in [0.3, 0.4) is 0 Å². The zero-order valence-corrected chi connectivity index (χ0v) is 12.4. The second-order valence-electron chi connectivity index (χ2n) is 5.88. The number of hydrogen-bond acceptors (Lipinski definition) is 4. The van der Waals surface area contributed by atoms with Crippen LogP contribution < -0.4 is 16.0 Å². The van der Waals surface area contributed by atoms with Crippen LogP contribution in [-0.4, -0.2) is 30.2 Å². The molecule has 1 atom stereocenters. The second kappa shape index (κ2) is 5.78. The molecule has 2 amide bonds. The number of anilines is 2. The molecular weight excluding hydrogens is 296 g/mol. The molecular formula is C14H17F2N3O3. The number of amides is 2. The third-order valence-corrected chi connectivity index (χ3v) is 2.82. The molecule has 0 spiro atoms. The number of rotatable bonds is 1. The van der Waals surface area contributed by atoms with Crippen LogP contribution in [0, 0.1) is 11.6 Å². The first kappa shape index (κ1) is 16.0. The fourth-order valence-corrected chi connectivity index (χ4v) is 1.89. The van der Waals surface area contributed by atoms with Crippen LogP contribution in [0.1, 0.15) is 20.8 Å². The number of carbonyl (C=O) groups excluding carboxylic acids is 2. The van der Waals surface area contributed by atoms with Crippen molar-refractivity contribution < 1.29 is 23.1 Å². The number of nitrogens with one attached hydrogen (secondary N) is 3. The Kier molecular flexibility index (Phi) is 4.20. The van der Waals surface area contributed by atoms with Gasteiger partial charge >= 0.3 is 6.09 Å². The van der Waals surface area contributed by atoms with Crippen molar-refractivity contribution in [2.24, 2.45) is 0 Å². The standard InChI is InChI=1S/C14H17F2N3O3/c1-14(2,3)22-13(21)19-11-6-17-9-4-7(15)8(16)5-10(9)18-12(11)20/h4-5,11,17H,6H2,1-3H3,(H,18,20)(H,19,21)/t11-/m0/s1. The quantitative estimate of drug-likeness (QED) is 0.743. The van der Waals surface area contributed by atoms with Gasteiger partial charge in [0.1, 0.15) is 11.6 Å². The van der Waals surface area contributed by atoms with Crippen molar-refractivity contribution in [2.75, 3.05) is 17.2 Å². The number of halogens is 2. The third-order valence-electron chi connectivity index (χ3n) is 2.82. The lowest BCUT2D eigenvalue weighted by Gasteiger charge is -2.22. The summed E-state index contributed by atoms with van der Waals surface area (Å²) in [6.07, 6.45) is -0.752. The van der Waals surface area contributed by atoms with Crippen molar-refractivity contribution in [3.8, 4) is 0 Å². The Morgan fingerprint density at radius 3 is 2.45 bits per heavy atom. The lowest BCUT2D eigenvalue weighted by atomic mass is 10.2. The summed E-state index contributed by atoms with van der Waals surface area (Å²) in [4.78, 5) is 23.7. The highest BCUT2D eigenvalue weighted by atomic mass is 19.2. The van der Waals surface area contributed by atoms with Gasteiger partial charge in [-0.25, -0.2) is 13.6 Å². The maximum atomic E-state index is 13.2. The molecule has 1 aliphatic rings. The van der Waals surface area contributed by atoms with Gasteiger partial charge in [0.15, 0.2) is 11.6 Å². The van der Waals surface area contributed by atoms with Crippen LogP contribution in [0.4, 0.5) is 25.0 Å². The van der Waals surface area contributed by atoms with E-state index in [0.29, 0.717) is 0 Å². The molecule has 1 aromatic rings. The topological polar surface area (TPSA) is 79.5 Å². The van der Waals surface area contributed by atoms with Crippen LogP contribution in [0.5, 0.6) is 0 Å². The molecule has 0 bridgehead atoms. The summed E-state index contributed by atoms with van der Waals surface area (Å²) in [7, 11) is 0. The lowest BCUT2D eigenvalue weighted by molar-refractivity contribution is -0.117. The number of alkyl carbamates (subject to hydrolysis) is 1. The van der Waals surface area contributed by atoms with E-state index in [-0.39, 0.29) is 17.9 Å². The van der Waals surface area contributed by atoms with Gasteiger partial charge in [0, 0.05) is 18.7 Å². The van der Waals surface area contributed by atoms with Crippen LogP contribution >= 0.6 is 0 Å². The van der Waals surface area contributed by atoms with Gasteiger partial charge in [0.05, 0.1) is 11.4 Å². The number of hydrogen-bond donors (Lipinski definition) is 3. The Hall–Kier alpha value is -2.38. The largest absolute Gasteiger partial charge is 0.444 e. The van der Waals surface area contributed by atoms with Crippen LogP contribution in [0.25, 0.3) is 0 Å². The van der Waals surface area contributed by atoms with E-state index in [0.717, 1.165) is 12.1 Å². The van der Waals surface area contributed by atoms with Gasteiger partial charge in [-0.1, -0.05) is 0 Å². The zero-order chi connectivity index (χ0) is 16.5. The average molecular weight is 313 g/mol. The normalized spacial score (nSPS) is 17.7. The van der Waals surface area contributed by atoms with Gasteiger partial charge in [-0.2, -0.15) is 0 Å².